The highest BCUT2D eigenvalue weighted by Gasteiger charge is 2.26. The molecule has 0 bridgehead atoms. The molecule has 0 spiro atoms. The smallest absolute Gasteiger partial charge is 0.218 e. The first-order valence-electron chi connectivity index (χ1n) is 7.94. The molecular formula is C18H30OSi. The van der Waals surface area contributed by atoms with Gasteiger partial charge in [-0.05, 0) is 44.5 Å². The molecule has 2 heteroatoms. The minimum atomic E-state index is -1.76. The third kappa shape index (κ3) is 6.53. The second kappa shape index (κ2) is 9.14. The molecule has 112 valence electrons. The number of allylic oxidation sites excluding steroid dienone is 1. The lowest BCUT2D eigenvalue weighted by molar-refractivity contribution is 0.221. The van der Waals surface area contributed by atoms with E-state index in [0.29, 0.717) is 6.10 Å². The lowest BCUT2D eigenvalue weighted by Gasteiger charge is -2.27. The molecule has 0 aliphatic heterocycles. The van der Waals surface area contributed by atoms with Crippen molar-refractivity contribution < 1.29 is 4.43 Å². The number of hydrogen-bond donors (Lipinski definition) is 0. The van der Waals surface area contributed by atoms with Crippen molar-refractivity contribution in [3.8, 4) is 0 Å². The predicted molar refractivity (Wildman–Crippen MR) is 92.0 cm³/mol. The summed E-state index contributed by atoms with van der Waals surface area (Å²) in [6.07, 6.45) is 11.1. The van der Waals surface area contributed by atoms with Gasteiger partial charge in [0.2, 0.25) is 8.32 Å². The third-order valence-corrected chi connectivity index (χ3v) is 6.29. The molecule has 0 saturated heterocycles. The molecule has 0 fully saturated rings. The van der Waals surface area contributed by atoms with Gasteiger partial charge in [0, 0.05) is 6.10 Å². The van der Waals surface area contributed by atoms with Gasteiger partial charge in [0.15, 0.2) is 0 Å². The Morgan fingerprint density at radius 3 is 2.45 bits per heavy atom. The second-order valence-corrected chi connectivity index (χ2v) is 9.84. The van der Waals surface area contributed by atoms with Crippen molar-refractivity contribution in [2.24, 2.45) is 0 Å². The van der Waals surface area contributed by atoms with Gasteiger partial charge >= 0.3 is 0 Å². The quantitative estimate of drug-likeness (QED) is 0.352. The summed E-state index contributed by atoms with van der Waals surface area (Å²) in [6, 6.07) is 10.7. The van der Waals surface area contributed by atoms with E-state index in [1.165, 1.54) is 30.9 Å². The van der Waals surface area contributed by atoms with Gasteiger partial charge in [-0.3, -0.25) is 0 Å². The van der Waals surface area contributed by atoms with E-state index in [2.05, 4.69) is 69.4 Å². The highest BCUT2D eigenvalue weighted by Crippen LogP contribution is 2.12. The summed E-state index contributed by atoms with van der Waals surface area (Å²) in [5, 5.41) is 1.37. The van der Waals surface area contributed by atoms with Crippen LogP contribution in [0.1, 0.15) is 46.0 Å². The molecule has 1 nitrogen and oxygen atoms in total. The van der Waals surface area contributed by atoms with Crippen LogP contribution in [-0.2, 0) is 4.43 Å². The van der Waals surface area contributed by atoms with E-state index in [-0.39, 0.29) is 0 Å². The monoisotopic (exact) mass is 290 g/mol. The molecule has 0 heterocycles. The van der Waals surface area contributed by atoms with Crippen LogP contribution in [0.25, 0.3) is 0 Å². The second-order valence-electron chi connectivity index (χ2n) is 6.01. The Kier molecular flexibility index (Phi) is 7.86. The van der Waals surface area contributed by atoms with E-state index in [1.54, 1.807) is 0 Å². The molecule has 20 heavy (non-hydrogen) atoms. The zero-order chi connectivity index (χ0) is 14.8. The van der Waals surface area contributed by atoms with Crippen molar-refractivity contribution >= 4 is 13.5 Å². The molecule has 0 aromatic heterocycles. The van der Waals surface area contributed by atoms with E-state index >= 15 is 0 Å². The summed E-state index contributed by atoms with van der Waals surface area (Å²) in [4.78, 5) is 0. The minimum absolute atomic E-state index is 0.305. The average Bonchev–Trinajstić information content (AvgIpc) is 2.43. The molecule has 1 unspecified atom stereocenters. The standard InChI is InChI=1S/C18H30OSi/c1-5-6-7-8-9-11-14-17(2)19-20(3,4)18-15-12-10-13-16-18/h9-13,15-17H,5-8,14H2,1-4H3/b11-9-. The summed E-state index contributed by atoms with van der Waals surface area (Å²) >= 11 is 0. The van der Waals surface area contributed by atoms with Crippen molar-refractivity contribution in [3.63, 3.8) is 0 Å². The number of rotatable bonds is 9. The third-order valence-electron chi connectivity index (χ3n) is 3.57. The van der Waals surface area contributed by atoms with Gasteiger partial charge in [-0.2, -0.15) is 0 Å². The Labute approximate surface area is 126 Å². The minimum Gasteiger partial charge on any atom is -0.410 e. The molecule has 0 aliphatic rings. The van der Waals surface area contributed by atoms with Gasteiger partial charge in [0.05, 0.1) is 0 Å². The SMILES string of the molecule is CCCCC/C=C\CC(C)O[Si](C)(C)c1ccccc1. The Hall–Kier alpha value is -0.863. The predicted octanol–water partition coefficient (Wildman–Crippen LogP) is 5.03. The number of unbranched alkanes of at least 4 members (excludes halogenated alkanes) is 3. The first-order chi connectivity index (χ1) is 9.56. The van der Waals surface area contributed by atoms with Crippen molar-refractivity contribution in [2.75, 3.05) is 0 Å². The molecule has 0 saturated carbocycles. The van der Waals surface area contributed by atoms with Crippen LogP contribution in [-0.4, -0.2) is 14.4 Å². The Morgan fingerprint density at radius 1 is 1.10 bits per heavy atom. The Morgan fingerprint density at radius 2 is 1.80 bits per heavy atom. The van der Waals surface area contributed by atoms with Crippen LogP contribution in [0, 0.1) is 0 Å². The van der Waals surface area contributed by atoms with Crippen molar-refractivity contribution in [2.45, 2.75) is 65.1 Å². The van der Waals surface area contributed by atoms with E-state index in [0.717, 1.165) is 6.42 Å². The van der Waals surface area contributed by atoms with Crippen LogP contribution in [0.2, 0.25) is 13.1 Å². The van der Waals surface area contributed by atoms with Crippen LogP contribution >= 0.6 is 0 Å². The maximum Gasteiger partial charge on any atom is 0.218 e. The van der Waals surface area contributed by atoms with Crippen LogP contribution < -0.4 is 5.19 Å². The van der Waals surface area contributed by atoms with E-state index in [4.69, 9.17) is 4.43 Å². The van der Waals surface area contributed by atoms with E-state index in [9.17, 15) is 0 Å². The lowest BCUT2D eigenvalue weighted by atomic mass is 10.2. The Balaban J connectivity index is 2.36. The largest absolute Gasteiger partial charge is 0.410 e. The highest BCUT2D eigenvalue weighted by molar-refractivity contribution is 6.84. The molecule has 0 aliphatic carbocycles. The summed E-state index contributed by atoms with van der Waals surface area (Å²) < 4.78 is 6.34. The van der Waals surface area contributed by atoms with Crippen molar-refractivity contribution in [1.29, 1.82) is 0 Å². The fraction of sp³-hybridized carbons (Fsp3) is 0.556. The average molecular weight is 291 g/mol. The molecular weight excluding hydrogens is 260 g/mol. The Bertz CT molecular complexity index is 384. The van der Waals surface area contributed by atoms with Gasteiger partial charge in [0.25, 0.3) is 0 Å². The fourth-order valence-electron chi connectivity index (χ4n) is 2.38. The summed E-state index contributed by atoms with van der Waals surface area (Å²) in [7, 11) is -1.76. The van der Waals surface area contributed by atoms with Crippen molar-refractivity contribution in [1.82, 2.24) is 0 Å². The normalized spacial score (nSPS) is 13.8. The molecule has 0 radical (unpaired) electrons. The van der Waals surface area contributed by atoms with Crippen molar-refractivity contribution in [3.05, 3.63) is 42.5 Å². The number of hydrogen-bond acceptors (Lipinski definition) is 1. The van der Waals surface area contributed by atoms with Gasteiger partial charge in [0.1, 0.15) is 0 Å². The molecule has 1 rings (SSSR count). The van der Waals surface area contributed by atoms with Crippen LogP contribution in [0.3, 0.4) is 0 Å². The summed E-state index contributed by atoms with van der Waals surface area (Å²) in [5.74, 6) is 0. The fourth-order valence-corrected chi connectivity index (χ4v) is 4.61. The number of benzene rings is 1. The molecule has 1 aromatic carbocycles. The molecule has 1 aromatic rings. The lowest BCUT2D eigenvalue weighted by Crippen LogP contribution is -2.46. The topological polar surface area (TPSA) is 9.23 Å². The van der Waals surface area contributed by atoms with Gasteiger partial charge in [-0.1, -0.05) is 62.2 Å². The zero-order valence-electron chi connectivity index (χ0n) is 13.6. The molecule has 0 amide bonds. The molecule has 1 atom stereocenters. The van der Waals surface area contributed by atoms with Gasteiger partial charge < -0.3 is 4.43 Å². The zero-order valence-corrected chi connectivity index (χ0v) is 14.6. The first-order valence-corrected chi connectivity index (χ1v) is 10.9. The highest BCUT2D eigenvalue weighted by atomic mass is 28.4. The summed E-state index contributed by atoms with van der Waals surface area (Å²) in [6.45, 7) is 9.00. The van der Waals surface area contributed by atoms with Gasteiger partial charge in [-0.25, -0.2) is 0 Å². The van der Waals surface area contributed by atoms with Gasteiger partial charge in [-0.15, -0.1) is 0 Å². The van der Waals surface area contributed by atoms with Crippen LogP contribution in [0.5, 0.6) is 0 Å². The van der Waals surface area contributed by atoms with Crippen LogP contribution in [0.4, 0.5) is 0 Å². The molecule has 0 N–H and O–H groups in total. The summed E-state index contributed by atoms with van der Waals surface area (Å²) in [5.41, 5.74) is 0. The van der Waals surface area contributed by atoms with Crippen LogP contribution in [0.15, 0.2) is 42.5 Å². The maximum absolute atomic E-state index is 6.34. The maximum atomic E-state index is 6.34. The van der Waals surface area contributed by atoms with E-state index < -0.39 is 8.32 Å². The van der Waals surface area contributed by atoms with E-state index in [1.807, 2.05) is 0 Å². The first kappa shape index (κ1) is 17.2.